The van der Waals surface area contributed by atoms with E-state index in [-0.39, 0.29) is 0 Å². The third-order valence-corrected chi connectivity index (χ3v) is 3.95. The van der Waals surface area contributed by atoms with Crippen molar-refractivity contribution in [2.24, 2.45) is 0 Å². The van der Waals surface area contributed by atoms with Gasteiger partial charge in [-0.25, -0.2) is 9.97 Å². The largest absolute Gasteiger partial charge is 0.373 e. The highest BCUT2D eigenvalue weighted by atomic mass is 32.2. The van der Waals surface area contributed by atoms with Crippen molar-refractivity contribution in [3.05, 3.63) is 11.9 Å². The van der Waals surface area contributed by atoms with E-state index in [1.165, 1.54) is 17.9 Å². The molecule has 0 radical (unpaired) electrons. The van der Waals surface area contributed by atoms with E-state index in [2.05, 4.69) is 27.5 Å². The Morgan fingerprint density at radius 1 is 1.41 bits per heavy atom. The summed E-state index contributed by atoms with van der Waals surface area (Å²) in [7, 11) is 1.90. The Morgan fingerprint density at radius 3 is 2.88 bits per heavy atom. The second kappa shape index (κ2) is 6.10. The molecule has 2 N–H and O–H groups in total. The van der Waals surface area contributed by atoms with Crippen molar-refractivity contribution in [2.45, 2.75) is 32.2 Å². The molecule has 1 aromatic rings. The smallest absolute Gasteiger partial charge is 0.133 e. The van der Waals surface area contributed by atoms with E-state index < -0.39 is 0 Å². The number of nitrogens with one attached hydrogen (secondary N) is 2. The van der Waals surface area contributed by atoms with Gasteiger partial charge >= 0.3 is 0 Å². The Hall–Kier alpha value is -0.970. The SMILES string of the molecule is CCCc1nc(NC)cc(NC2CCSC2)n1. The van der Waals surface area contributed by atoms with Crippen molar-refractivity contribution in [1.82, 2.24) is 9.97 Å². The average molecular weight is 252 g/mol. The predicted molar refractivity (Wildman–Crippen MR) is 74.9 cm³/mol. The Balaban J connectivity index is 2.10. The van der Waals surface area contributed by atoms with Crippen LogP contribution in [0.1, 0.15) is 25.6 Å². The van der Waals surface area contributed by atoms with Gasteiger partial charge < -0.3 is 10.6 Å². The van der Waals surface area contributed by atoms with Crippen molar-refractivity contribution in [3.8, 4) is 0 Å². The van der Waals surface area contributed by atoms with Gasteiger partial charge in [-0.15, -0.1) is 0 Å². The van der Waals surface area contributed by atoms with Gasteiger partial charge in [0.2, 0.25) is 0 Å². The summed E-state index contributed by atoms with van der Waals surface area (Å²) >= 11 is 2.00. The van der Waals surface area contributed by atoms with Crippen LogP contribution in [0.2, 0.25) is 0 Å². The van der Waals surface area contributed by atoms with Crippen molar-refractivity contribution >= 4 is 23.4 Å². The van der Waals surface area contributed by atoms with Gasteiger partial charge in [0.05, 0.1) is 0 Å². The van der Waals surface area contributed by atoms with Gasteiger partial charge in [0.1, 0.15) is 17.5 Å². The molecule has 94 valence electrons. The molecule has 2 heterocycles. The van der Waals surface area contributed by atoms with Crippen LogP contribution in [0, 0.1) is 0 Å². The summed E-state index contributed by atoms with van der Waals surface area (Å²) in [6.07, 6.45) is 3.24. The number of rotatable bonds is 5. The van der Waals surface area contributed by atoms with Gasteiger partial charge in [-0.2, -0.15) is 11.8 Å². The zero-order valence-electron chi connectivity index (χ0n) is 10.5. The second-order valence-electron chi connectivity index (χ2n) is 4.26. The molecule has 1 atom stereocenters. The number of aryl methyl sites for hydroxylation is 1. The van der Waals surface area contributed by atoms with E-state index >= 15 is 0 Å². The first kappa shape index (κ1) is 12.5. The highest BCUT2D eigenvalue weighted by molar-refractivity contribution is 7.99. The first-order valence-electron chi connectivity index (χ1n) is 6.21. The van der Waals surface area contributed by atoms with Crippen LogP contribution in [0.15, 0.2) is 6.07 Å². The zero-order valence-corrected chi connectivity index (χ0v) is 11.3. The molecule has 1 saturated heterocycles. The van der Waals surface area contributed by atoms with Crippen LogP contribution in [-0.4, -0.2) is 34.6 Å². The lowest BCUT2D eigenvalue weighted by Crippen LogP contribution is -2.19. The van der Waals surface area contributed by atoms with Crippen LogP contribution < -0.4 is 10.6 Å². The lowest BCUT2D eigenvalue weighted by molar-refractivity contribution is 0.791. The summed E-state index contributed by atoms with van der Waals surface area (Å²) < 4.78 is 0. The summed E-state index contributed by atoms with van der Waals surface area (Å²) in [6, 6.07) is 2.55. The monoisotopic (exact) mass is 252 g/mol. The molecule has 1 fully saturated rings. The molecule has 0 saturated carbocycles. The van der Waals surface area contributed by atoms with Gasteiger partial charge in [-0.3, -0.25) is 0 Å². The van der Waals surface area contributed by atoms with E-state index in [1.807, 2.05) is 24.9 Å². The summed E-state index contributed by atoms with van der Waals surface area (Å²) in [6.45, 7) is 2.15. The number of hydrogen-bond acceptors (Lipinski definition) is 5. The van der Waals surface area contributed by atoms with Gasteiger partial charge in [0.15, 0.2) is 0 Å². The maximum atomic E-state index is 4.56. The predicted octanol–water partition coefficient (Wildman–Crippen LogP) is 2.39. The lowest BCUT2D eigenvalue weighted by atomic mass is 10.2. The zero-order chi connectivity index (χ0) is 12.1. The fourth-order valence-electron chi connectivity index (χ4n) is 1.89. The Morgan fingerprint density at radius 2 is 2.24 bits per heavy atom. The van der Waals surface area contributed by atoms with E-state index in [9.17, 15) is 0 Å². The average Bonchev–Trinajstić information content (AvgIpc) is 2.82. The normalized spacial score (nSPS) is 19.3. The van der Waals surface area contributed by atoms with Crippen LogP contribution >= 0.6 is 11.8 Å². The number of nitrogens with zero attached hydrogens (tertiary/aromatic N) is 2. The summed E-state index contributed by atoms with van der Waals surface area (Å²) in [5, 5.41) is 6.60. The van der Waals surface area contributed by atoms with Crippen molar-refractivity contribution < 1.29 is 0 Å². The number of anilines is 2. The van der Waals surface area contributed by atoms with Gasteiger partial charge in [0, 0.05) is 31.3 Å². The van der Waals surface area contributed by atoms with Crippen LogP contribution in [0.5, 0.6) is 0 Å². The maximum Gasteiger partial charge on any atom is 0.133 e. The molecule has 4 nitrogen and oxygen atoms in total. The van der Waals surface area contributed by atoms with E-state index in [1.54, 1.807) is 0 Å². The van der Waals surface area contributed by atoms with Gasteiger partial charge in [-0.1, -0.05) is 6.92 Å². The van der Waals surface area contributed by atoms with Crippen LogP contribution in [0.25, 0.3) is 0 Å². The van der Waals surface area contributed by atoms with Crippen molar-refractivity contribution in [3.63, 3.8) is 0 Å². The first-order chi connectivity index (χ1) is 8.31. The van der Waals surface area contributed by atoms with Gasteiger partial charge in [-0.05, 0) is 18.6 Å². The van der Waals surface area contributed by atoms with Crippen LogP contribution in [0.3, 0.4) is 0 Å². The lowest BCUT2D eigenvalue weighted by Gasteiger charge is -2.13. The third kappa shape index (κ3) is 3.49. The van der Waals surface area contributed by atoms with E-state index in [4.69, 9.17) is 0 Å². The Kier molecular flexibility index (Phi) is 4.48. The van der Waals surface area contributed by atoms with Crippen molar-refractivity contribution in [2.75, 3.05) is 29.2 Å². The van der Waals surface area contributed by atoms with E-state index in [0.717, 1.165) is 30.3 Å². The molecule has 17 heavy (non-hydrogen) atoms. The fraction of sp³-hybridized carbons (Fsp3) is 0.667. The second-order valence-corrected chi connectivity index (χ2v) is 5.41. The Labute approximate surface area is 107 Å². The summed E-state index contributed by atoms with van der Waals surface area (Å²) in [5.74, 6) is 5.22. The molecule has 0 spiro atoms. The minimum atomic E-state index is 0.564. The minimum absolute atomic E-state index is 0.564. The number of hydrogen-bond donors (Lipinski definition) is 2. The molecule has 0 bridgehead atoms. The third-order valence-electron chi connectivity index (χ3n) is 2.78. The molecule has 0 amide bonds. The maximum absolute atomic E-state index is 4.56. The summed E-state index contributed by atoms with van der Waals surface area (Å²) in [4.78, 5) is 9.01. The summed E-state index contributed by atoms with van der Waals surface area (Å²) in [5.41, 5.74) is 0. The van der Waals surface area contributed by atoms with Gasteiger partial charge in [0.25, 0.3) is 0 Å². The minimum Gasteiger partial charge on any atom is -0.373 e. The molecule has 1 aliphatic rings. The molecule has 0 aromatic carbocycles. The van der Waals surface area contributed by atoms with Crippen LogP contribution in [-0.2, 0) is 6.42 Å². The number of aromatic nitrogens is 2. The first-order valence-corrected chi connectivity index (χ1v) is 7.37. The molecular formula is C12H20N4S. The molecular weight excluding hydrogens is 232 g/mol. The molecule has 1 aromatic heterocycles. The standard InChI is InChI=1S/C12H20N4S/c1-3-4-10-15-11(13-2)7-12(16-10)14-9-5-6-17-8-9/h7,9H,3-6,8H2,1-2H3,(H2,13,14,15,16). The topological polar surface area (TPSA) is 49.8 Å². The fourth-order valence-corrected chi connectivity index (χ4v) is 3.04. The molecule has 0 aliphatic carbocycles. The van der Waals surface area contributed by atoms with Crippen molar-refractivity contribution in [1.29, 1.82) is 0 Å². The van der Waals surface area contributed by atoms with Crippen LogP contribution in [0.4, 0.5) is 11.6 Å². The molecule has 1 unspecified atom stereocenters. The quantitative estimate of drug-likeness (QED) is 0.842. The molecule has 2 rings (SSSR count). The Bertz CT molecular complexity index is 364. The molecule has 5 heteroatoms. The van der Waals surface area contributed by atoms with E-state index in [0.29, 0.717) is 6.04 Å². The highest BCUT2D eigenvalue weighted by Crippen LogP contribution is 2.21. The highest BCUT2D eigenvalue weighted by Gasteiger charge is 2.16. The molecule has 1 aliphatic heterocycles. The number of thioether (sulfide) groups is 1.